The molecule has 4 heteroatoms. The van der Waals surface area contributed by atoms with Crippen LogP contribution in [0, 0.1) is 12.7 Å². The third kappa shape index (κ3) is 2.58. The van der Waals surface area contributed by atoms with Crippen LogP contribution in [0.4, 0.5) is 4.39 Å². The summed E-state index contributed by atoms with van der Waals surface area (Å²) in [6.45, 7) is 1.87. The molecule has 2 aromatic rings. The lowest BCUT2D eigenvalue weighted by molar-refractivity contribution is 0.214. The fourth-order valence-corrected chi connectivity index (χ4v) is 2.47. The molecular formula is C14H11BrClFO. The number of benzene rings is 2. The van der Waals surface area contributed by atoms with Crippen molar-refractivity contribution in [3.63, 3.8) is 0 Å². The SMILES string of the molecule is Cc1ccc(C(O)c2c(F)cccc2Br)cc1Cl. The highest BCUT2D eigenvalue weighted by Gasteiger charge is 2.18. The van der Waals surface area contributed by atoms with Gasteiger partial charge in [0.1, 0.15) is 11.9 Å². The summed E-state index contributed by atoms with van der Waals surface area (Å²) in [5, 5.41) is 10.8. The molecule has 0 amide bonds. The predicted octanol–water partition coefficient (Wildman–Crippen LogP) is 4.63. The summed E-state index contributed by atoms with van der Waals surface area (Å²) < 4.78 is 14.3. The molecule has 2 aromatic carbocycles. The largest absolute Gasteiger partial charge is 0.384 e. The molecule has 1 N–H and O–H groups in total. The summed E-state index contributed by atoms with van der Waals surface area (Å²) in [5.74, 6) is -0.450. The highest BCUT2D eigenvalue weighted by Crippen LogP contribution is 2.32. The maximum Gasteiger partial charge on any atom is 0.130 e. The first kappa shape index (κ1) is 13.5. The molecule has 0 aromatic heterocycles. The van der Waals surface area contributed by atoms with Crippen LogP contribution < -0.4 is 0 Å². The van der Waals surface area contributed by atoms with Crippen LogP contribution in [0.2, 0.25) is 5.02 Å². The fraction of sp³-hybridized carbons (Fsp3) is 0.143. The molecule has 0 radical (unpaired) electrons. The molecule has 0 saturated heterocycles. The minimum Gasteiger partial charge on any atom is -0.384 e. The van der Waals surface area contributed by atoms with E-state index in [1.807, 2.05) is 6.92 Å². The van der Waals surface area contributed by atoms with Gasteiger partial charge in [0.25, 0.3) is 0 Å². The van der Waals surface area contributed by atoms with Crippen molar-refractivity contribution in [3.05, 3.63) is 68.4 Å². The molecule has 1 nitrogen and oxygen atoms in total. The first-order valence-corrected chi connectivity index (χ1v) is 6.56. The van der Waals surface area contributed by atoms with Crippen molar-refractivity contribution in [1.29, 1.82) is 0 Å². The van der Waals surface area contributed by atoms with E-state index in [0.717, 1.165) is 5.56 Å². The number of hydrogen-bond acceptors (Lipinski definition) is 1. The first-order chi connectivity index (χ1) is 8.50. The lowest BCUT2D eigenvalue weighted by Crippen LogP contribution is -2.04. The van der Waals surface area contributed by atoms with Gasteiger partial charge in [-0.15, -0.1) is 0 Å². The summed E-state index contributed by atoms with van der Waals surface area (Å²) in [6, 6.07) is 9.79. The summed E-state index contributed by atoms with van der Waals surface area (Å²) in [6.07, 6.45) is -1.04. The van der Waals surface area contributed by atoms with E-state index in [9.17, 15) is 9.50 Å². The van der Waals surface area contributed by atoms with Crippen LogP contribution in [0.1, 0.15) is 22.8 Å². The Kier molecular flexibility index (Phi) is 4.05. The molecule has 0 spiro atoms. The third-order valence-corrected chi connectivity index (χ3v) is 3.88. The van der Waals surface area contributed by atoms with Crippen molar-refractivity contribution >= 4 is 27.5 Å². The van der Waals surface area contributed by atoms with Gasteiger partial charge in [-0.3, -0.25) is 0 Å². The average Bonchev–Trinajstić information content (AvgIpc) is 2.32. The molecule has 1 unspecified atom stereocenters. The molecule has 0 bridgehead atoms. The quantitative estimate of drug-likeness (QED) is 0.851. The number of halogens is 3. The molecule has 0 aliphatic rings. The van der Waals surface area contributed by atoms with E-state index in [0.29, 0.717) is 15.1 Å². The predicted molar refractivity (Wildman–Crippen MR) is 74.4 cm³/mol. The molecule has 94 valence electrons. The Hall–Kier alpha value is -0.900. The van der Waals surface area contributed by atoms with E-state index in [2.05, 4.69) is 15.9 Å². The normalized spacial score (nSPS) is 12.5. The summed E-state index contributed by atoms with van der Waals surface area (Å²) >= 11 is 9.25. The Morgan fingerprint density at radius 3 is 2.61 bits per heavy atom. The van der Waals surface area contributed by atoms with Gasteiger partial charge in [0.15, 0.2) is 0 Å². The van der Waals surface area contributed by atoms with Gasteiger partial charge >= 0.3 is 0 Å². The van der Waals surface area contributed by atoms with E-state index in [-0.39, 0.29) is 5.56 Å². The molecule has 0 aliphatic heterocycles. The lowest BCUT2D eigenvalue weighted by atomic mass is 10.00. The van der Waals surface area contributed by atoms with Crippen molar-refractivity contribution in [2.24, 2.45) is 0 Å². The molecule has 1 atom stereocenters. The fourth-order valence-electron chi connectivity index (χ4n) is 1.72. The van der Waals surface area contributed by atoms with E-state index in [1.54, 1.807) is 30.3 Å². The van der Waals surface area contributed by atoms with E-state index >= 15 is 0 Å². The second-order valence-corrected chi connectivity index (χ2v) is 5.31. The highest BCUT2D eigenvalue weighted by molar-refractivity contribution is 9.10. The minimum absolute atomic E-state index is 0.220. The van der Waals surface area contributed by atoms with Gasteiger partial charge in [-0.2, -0.15) is 0 Å². The van der Waals surface area contributed by atoms with Gasteiger partial charge in [-0.05, 0) is 36.2 Å². The van der Waals surface area contributed by atoms with Gasteiger partial charge < -0.3 is 5.11 Å². The zero-order chi connectivity index (χ0) is 13.3. The van der Waals surface area contributed by atoms with Gasteiger partial charge in [-0.25, -0.2) is 4.39 Å². The van der Waals surface area contributed by atoms with E-state index in [4.69, 9.17) is 11.6 Å². The lowest BCUT2D eigenvalue weighted by Gasteiger charge is -2.15. The Labute approximate surface area is 118 Å². The molecule has 0 saturated carbocycles. The molecule has 0 fully saturated rings. The Bertz CT molecular complexity index is 566. The smallest absolute Gasteiger partial charge is 0.130 e. The van der Waals surface area contributed by atoms with E-state index in [1.165, 1.54) is 6.07 Å². The Balaban J connectivity index is 2.48. The molecule has 18 heavy (non-hydrogen) atoms. The topological polar surface area (TPSA) is 20.2 Å². The van der Waals surface area contributed by atoms with Crippen LogP contribution in [0.5, 0.6) is 0 Å². The average molecular weight is 330 g/mol. The molecular weight excluding hydrogens is 319 g/mol. The van der Waals surface area contributed by atoms with Gasteiger partial charge in [0, 0.05) is 15.1 Å². The van der Waals surface area contributed by atoms with Crippen molar-refractivity contribution in [2.75, 3.05) is 0 Å². The second-order valence-electron chi connectivity index (χ2n) is 4.05. The number of aliphatic hydroxyl groups excluding tert-OH is 1. The first-order valence-electron chi connectivity index (χ1n) is 5.38. The van der Waals surface area contributed by atoms with Crippen LogP contribution in [-0.2, 0) is 0 Å². The van der Waals surface area contributed by atoms with Crippen molar-refractivity contribution in [2.45, 2.75) is 13.0 Å². The summed E-state index contributed by atoms with van der Waals surface area (Å²) in [5.41, 5.74) is 1.70. The van der Waals surface area contributed by atoms with Crippen molar-refractivity contribution in [3.8, 4) is 0 Å². The number of aryl methyl sites for hydroxylation is 1. The maximum absolute atomic E-state index is 13.7. The van der Waals surface area contributed by atoms with Crippen LogP contribution in [0.3, 0.4) is 0 Å². The number of hydrogen-bond donors (Lipinski definition) is 1. The minimum atomic E-state index is -1.04. The second kappa shape index (κ2) is 5.39. The van der Waals surface area contributed by atoms with Gasteiger partial charge in [0.05, 0.1) is 0 Å². The van der Waals surface area contributed by atoms with Crippen LogP contribution >= 0.6 is 27.5 Å². The monoisotopic (exact) mass is 328 g/mol. The number of rotatable bonds is 2. The van der Waals surface area contributed by atoms with Crippen molar-refractivity contribution in [1.82, 2.24) is 0 Å². The Morgan fingerprint density at radius 1 is 1.28 bits per heavy atom. The summed E-state index contributed by atoms with van der Waals surface area (Å²) in [4.78, 5) is 0. The summed E-state index contributed by atoms with van der Waals surface area (Å²) in [7, 11) is 0. The zero-order valence-corrected chi connectivity index (χ0v) is 12.0. The van der Waals surface area contributed by atoms with Crippen LogP contribution in [0.15, 0.2) is 40.9 Å². The third-order valence-electron chi connectivity index (χ3n) is 2.78. The molecule has 2 rings (SSSR count). The molecule has 0 heterocycles. The molecule has 0 aliphatic carbocycles. The van der Waals surface area contributed by atoms with Gasteiger partial charge in [0.2, 0.25) is 0 Å². The van der Waals surface area contributed by atoms with Crippen LogP contribution in [-0.4, -0.2) is 5.11 Å². The zero-order valence-electron chi connectivity index (χ0n) is 9.62. The highest BCUT2D eigenvalue weighted by atomic mass is 79.9. The standard InChI is InChI=1S/C14H11BrClFO/c1-8-5-6-9(7-11(8)16)14(18)13-10(15)3-2-4-12(13)17/h2-7,14,18H,1H3. The number of aliphatic hydroxyl groups is 1. The maximum atomic E-state index is 13.7. The van der Waals surface area contributed by atoms with Gasteiger partial charge in [-0.1, -0.05) is 45.7 Å². The van der Waals surface area contributed by atoms with E-state index < -0.39 is 11.9 Å². The Morgan fingerprint density at radius 2 is 2.00 bits per heavy atom. The van der Waals surface area contributed by atoms with Crippen LogP contribution in [0.25, 0.3) is 0 Å². The van der Waals surface area contributed by atoms with Crippen molar-refractivity contribution < 1.29 is 9.50 Å².